The molecule has 0 aliphatic heterocycles. The Hall–Kier alpha value is -0.760. The van der Waals surface area contributed by atoms with Gasteiger partial charge in [-0.05, 0) is 55.5 Å². The van der Waals surface area contributed by atoms with Crippen molar-refractivity contribution in [3.05, 3.63) is 35.4 Å². The van der Waals surface area contributed by atoms with Crippen LogP contribution in [-0.4, -0.2) is 22.5 Å². The van der Waals surface area contributed by atoms with Crippen molar-refractivity contribution in [1.82, 2.24) is 0 Å². The molecule has 0 heterocycles. The number of benzene rings is 1. The van der Waals surface area contributed by atoms with E-state index in [1.807, 2.05) is 0 Å². The Morgan fingerprint density at radius 1 is 1.14 bits per heavy atom. The molecule has 1 aromatic rings. The summed E-state index contributed by atoms with van der Waals surface area (Å²) in [5, 5.41) is 0.172. The Kier molecular flexibility index (Phi) is 7.01. The zero-order chi connectivity index (χ0) is 15.9. The van der Waals surface area contributed by atoms with Crippen LogP contribution in [0.4, 0.5) is 0 Å². The van der Waals surface area contributed by atoms with E-state index < -0.39 is 0 Å². The van der Waals surface area contributed by atoms with Crippen LogP contribution in [0.1, 0.15) is 81.1 Å². The van der Waals surface area contributed by atoms with Gasteiger partial charge in [0.2, 0.25) is 5.78 Å². The number of carbonyl (C=O) groups is 1. The highest BCUT2D eigenvalue weighted by atomic mass is 32.2. The highest BCUT2D eigenvalue weighted by Gasteiger charge is 2.31. The topological polar surface area (TPSA) is 17.1 Å². The van der Waals surface area contributed by atoms with Gasteiger partial charge in [-0.2, -0.15) is 0 Å². The van der Waals surface area contributed by atoms with E-state index in [1.165, 1.54) is 49.8 Å². The molecule has 0 amide bonds. The summed E-state index contributed by atoms with van der Waals surface area (Å²) in [7, 11) is 0.234. The van der Waals surface area contributed by atoms with Crippen molar-refractivity contribution in [3.8, 4) is 0 Å². The lowest BCUT2D eigenvalue weighted by Gasteiger charge is -2.22. The summed E-state index contributed by atoms with van der Waals surface area (Å²) in [5.74, 6) is 3.37. The summed E-state index contributed by atoms with van der Waals surface area (Å²) in [6, 6.07) is 8.57. The first-order valence-electron chi connectivity index (χ1n) is 8.97. The number of rotatable bonds is 7. The Labute approximate surface area is 139 Å². The molecule has 2 rings (SSSR count). The zero-order valence-corrected chi connectivity index (χ0v) is 15.3. The van der Waals surface area contributed by atoms with E-state index in [9.17, 15) is 4.79 Å². The molecule has 1 aliphatic carbocycles. The summed E-state index contributed by atoms with van der Waals surface area (Å²) >= 11 is 0. The molecule has 1 fully saturated rings. The van der Waals surface area contributed by atoms with Gasteiger partial charge >= 0.3 is 0 Å². The molecule has 2 heteroatoms. The van der Waals surface area contributed by atoms with Crippen molar-refractivity contribution in [2.75, 3.05) is 11.5 Å². The number of carbonyl (C=O) groups excluding carboxylic acids is 1. The van der Waals surface area contributed by atoms with Gasteiger partial charge in [-0.1, -0.05) is 50.5 Å². The predicted molar refractivity (Wildman–Crippen MR) is 99.1 cm³/mol. The van der Waals surface area contributed by atoms with Gasteiger partial charge in [-0.25, -0.2) is 0 Å². The van der Waals surface area contributed by atoms with Gasteiger partial charge < -0.3 is 0 Å². The summed E-state index contributed by atoms with van der Waals surface area (Å²) in [6.45, 7) is 6.56. The highest BCUT2D eigenvalue weighted by Crippen LogP contribution is 2.32. The molecule has 0 radical (unpaired) electrons. The Morgan fingerprint density at radius 2 is 1.77 bits per heavy atom. The minimum Gasteiger partial charge on any atom is -0.289 e. The Bertz CT molecular complexity index is 459. The summed E-state index contributed by atoms with van der Waals surface area (Å²) in [6.07, 6.45) is 7.92. The van der Waals surface area contributed by atoms with E-state index in [1.54, 1.807) is 0 Å². The van der Waals surface area contributed by atoms with Crippen LogP contribution in [0.15, 0.2) is 24.3 Å². The monoisotopic (exact) mass is 319 g/mol. The molecule has 0 bridgehead atoms. The molecule has 2 atom stereocenters. The first kappa shape index (κ1) is 17.6. The van der Waals surface area contributed by atoms with Crippen LogP contribution in [0.2, 0.25) is 0 Å². The van der Waals surface area contributed by atoms with Gasteiger partial charge in [0.25, 0.3) is 0 Å². The number of hydrogen-bond acceptors (Lipinski definition) is 1. The summed E-state index contributed by atoms with van der Waals surface area (Å²) in [4.78, 5) is 12.7. The third-order valence-corrected chi connectivity index (χ3v) is 7.87. The van der Waals surface area contributed by atoms with Gasteiger partial charge in [0, 0.05) is 5.56 Å². The van der Waals surface area contributed by atoms with Gasteiger partial charge in [0.05, 0.1) is 0 Å². The lowest BCUT2D eigenvalue weighted by Crippen LogP contribution is -2.31. The standard InChI is InChI=1S/C20H31OS/c1-4-15-22(5-2)16(3)20(21)19-13-11-18(12-14-19)17-9-7-6-8-10-17/h11-14,16-17H,4-10,15H2,1-3H3/q+1. The van der Waals surface area contributed by atoms with E-state index in [-0.39, 0.29) is 16.1 Å². The molecule has 1 aliphatic rings. The van der Waals surface area contributed by atoms with Crippen molar-refractivity contribution in [2.24, 2.45) is 0 Å². The largest absolute Gasteiger partial charge is 0.289 e. The normalized spacial score (nSPS) is 18.9. The fraction of sp³-hybridized carbons (Fsp3) is 0.650. The van der Waals surface area contributed by atoms with Crippen LogP contribution >= 0.6 is 0 Å². The van der Waals surface area contributed by atoms with Gasteiger partial charge in [-0.3, -0.25) is 4.79 Å². The molecule has 0 aromatic heterocycles. The zero-order valence-electron chi connectivity index (χ0n) is 14.4. The predicted octanol–water partition coefficient (Wildman–Crippen LogP) is 5.35. The lowest BCUT2D eigenvalue weighted by atomic mass is 9.84. The number of ketones is 1. The van der Waals surface area contributed by atoms with Gasteiger partial charge in [-0.15, -0.1) is 0 Å². The molecule has 2 unspecified atom stereocenters. The van der Waals surface area contributed by atoms with Gasteiger partial charge in [0.15, 0.2) is 5.25 Å². The first-order chi connectivity index (χ1) is 10.7. The Balaban J connectivity index is 2.03. The van der Waals surface area contributed by atoms with Crippen molar-refractivity contribution in [1.29, 1.82) is 0 Å². The summed E-state index contributed by atoms with van der Waals surface area (Å²) < 4.78 is 0. The molecule has 1 saturated carbocycles. The minimum absolute atomic E-state index is 0.172. The van der Waals surface area contributed by atoms with E-state index in [4.69, 9.17) is 0 Å². The van der Waals surface area contributed by atoms with Crippen LogP contribution in [0.5, 0.6) is 0 Å². The van der Waals surface area contributed by atoms with E-state index >= 15 is 0 Å². The van der Waals surface area contributed by atoms with Crippen molar-refractivity contribution in [3.63, 3.8) is 0 Å². The molecule has 0 N–H and O–H groups in total. The van der Waals surface area contributed by atoms with Crippen molar-refractivity contribution < 1.29 is 4.79 Å². The smallest absolute Gasteiger partial charge is 0.214 e. The molecular formula is C20H31OS+. The van der Waals surface area contributed by atoms with Crippen molar-refractivity contribution >= 4 is 16.7 Å². The second-order valence-corrected chi connectivity index (χ2v) is 9.26. The maximum atomic E-state index is 12.7. The summed E-state index contributed by atoms with van der Waals surface area (Å²) in [5.41, 5.74) is 2.35. The molecule has 22 heavy (non-hydrogen) atoms. The average molecular weight is 320 g/mol. The quantitative estimate of drug-likeness (QED) is 0.489. The molecule has 0 spiro atoms. The third-order valence-electron chi connectivity index (χ3n) is 4.98. The molecule has 122 valence electrons. The second kappa shape index (κ2) is 8.76. The Morgan fingerprint density at radius 3 is 2.32 bits per heavy atom. The van der Waals surface area contributed by atoms with Crippen LogP contribution in [0, 0.1) is 0 Å². The van der Waals surface area contributed by atoms with Crippen LogP contribution < -0.4 is 0 Å². The molecular weight excluding hydrogens is 288 g/mol. The maximum Gasteiger partial charge on any atom is 0.214 e. The fourth-order valence-electron chi connectivity index (χ4n) is 3.57. The number of Topliss-reactive ketones (excluding diaryl/α,β-unsaturated/α-hetero) is 1. The van der Waals surface area contributed by atoms with E-state index in [0.717, 1.165) is 17.2 Å². The van der Waals surface area contributed by atoms with Crippen molar-refractivity contribution in [2.45, 2.75) is 70.5 Å². The fourth-order valence-corrected chi connectivity index (χ4v) is 5.68. The van der Waals surface area contributed by atoms with E-state index in [2.05, 4.69) is 45.0 Å². The third kappa shape index (κ3) is 4.38. The van der Waals surface area contributed by atoms with Crippen LogP contribution in [0.3, 0.4) is 0 Å². The van der Waals surface area contributed by atoms with E-state index in [0.29, 0.717) is 5.78 Å². The number of hydrogen-bond donors (Lipinski definition) is 0. The molecule has 1 nitrogen and oxygen atoms in total. The lowest BCUT2D eigenvalue weighted by molar-refractivity contribution is 0.0993. The van der Waals surface area contributed by atoms with Gasteiger partial charge in [0.1, 0.15) is 11.5 Å². The van der Waals surface area contributed by atoms with Crippen LogP contribution in [0.25, 0.3) is 0 Å². The molecule has 1 aromatic carbocycles. The maximum absolute atomic E-state index is 12.7. The minimum atomic E-state index is 0.172. The SMILES string of the molecule is CCC[S+](CC)C(C)C(=O)c1ccc(C2CCCCC2)cc1. The first-order valence-corrected chi connectivity index (χ1v) is 10.6. The second-order valence-electron chi connectivity index (χ2n) is 6.49. The average Bonchev–Trinajstić information content (AvgIpc) is 2.59. The molecule has 0 saturated heterocycles. The highest BCUT2D eigenvalue weighted by molar-refractivity contribution is 7.98. The van der Waals surface area contributed by atoms with Crippen LogP contribution in [-0.2, 0) is 10.9 Å².